The van der Waals surface area contributed by atoms with Gasteiger partial charge >= 0.3 is 0 Å². The first kappa shape index (κ1) is 17.0. The molecule has 0 atom stereocenters. The smallest absolute Gasteiger partial charge is 0.277 e. The van der Waals surface area contributed by atoms with Crippen LogP contribution < -0.4 is 10.9 Å². The van der Waals surface area contributed by atoms with Gasteiger partial charge < -0.3 is 4.57 Å². The third kappa shape index (κ3) is 3.50. The molecule has 0 saturated carbocycles. The minimum atomic E-state index is -0.398. The molecular formula is C16H18N6O2S. The maximum atomic E-state index is 12.4. The maximum Gasteiger partial charge on any atom is 0.277 e. The summed E-state index contributed by atoms with van der Waals surface area (Å²) in [6.45, 7) is 4.29. The topological polar surface area (TPSA) is 94.7 Å². The molecule has 3 rings (SSSR count). The third-order valence-corrected chi connectivity index (χ3v) is 4.64. The number of aryl methyl sites for hydroxylation is 3. The second kappa shape index (κ2) is 6.98. The van der Waals surface area contributed by atoms with E-state index in [1.807, 2.05) is 31.7 Å². The Bertz CT molecular complexity index is 971. The molecule has 0 saturated heterocycles. The molecule has 130 valence electrons. The van der Waals surface area contributed by atoms with Gasteiger partial charge in [-0.05, 0) is 19.4 Å². The molecule has 0 radical (unpaired) electrons. The van der Waals surface area contributed by atoms with Gasteiger partial charge in [-0.2, -0.15) is 5.10 Å². The van der Waals surface area contributed by atoms with Crippen LogP contribution in [-0.4, -0.2) is 30.2 Å². The van der Waals surface area contributed by atoms with Crippen molar-refractivity contribution < 1.29 is 4.79 Å². The van der Waals surface area contributed by atoms with Crippen LogP contribution in [0.5, 0.6) is 0 Å². The van der Waals surface area contributed by atoms with Crippen LogP contribution in [0.1, 0.15) is 29.5 Å². The number of nitrogens with zero attached hydrogens (tertiary/aromatic N) is 5. The number of anilines is 1. The quantitative estimate of drug-likeness (QED) is 0.753. The van der Waals surface area contributed by atoms with Crippen LogP contribution >= 0.6 is 11.3 Å². The number of thiazole rings is 1. The van der Waals surface area contributed by atoms with Crippen molar-refractivity contribution in [3.05, 3.63) is 46.3 Å². The van der Waals surface area contributed by atoms with Crippen LogP contribution in [0.15, 0.2) is 29.3 Å². The average Bonchev–Trinajstić information content (AvgIpc) is 3.15. The van der Waals surface area contributed by atoms with Gasteiger partial charge in [-0.15, -0.1) is 0 Å². The number of aromatic nitrogens is 5. The van der Waals surface area contributed by atoms with Gasteiger partial charge in [0.15, 0.2) is 11.0 Å². The zero-order valence-corrected chi connectivity index (χ0v) is 15.0. The van der Waals surface area contributed by atoms with Crippen LogP contribution in [0.25, 0.3) is 10.7 Å². The van der Waals surface area contributed by atoms with E-state index in [0.717, 1.165) is 22.8 Å². The first-order chi connectivity index (χ1) is 12.0. The average molecular weight is 358 g/mol. The zero-order valence-electron chi connectivity index (χ0n) is 14.2. The first-order valence-electron chi connectivity index (χ1n) is 7.84. The number of carbonyl (C=O) groups excluding carboxylic acids is 1. The third-order valence-electron chi connectivity index (χ3n) is 3.58. The fourth-order valence-corrected chi connectivity index (χ4v) is 3.35. The molecule has 1 N–H and O–H groups in total. The second-order valence-corrected chi connectivity index (χ2v) is 6.53. The molecule has 3 heterocycles. The number of hydrogen-bond acceptors (Lipinski definition) is 6. The van der Waals surface area contributed by atoms with E-state index in [0.29, 0.717) is 11.7 Å². The standard InChI is InChI=1S/C16H18N6O2S/c1-4-8-22-12(23)6-5-11(20-22)15(24)19-16-18-10(2)13(25-16)14-17-7-9-21(14)3/h5-7,9H,4,8H2,1-3H3,(H,18,19,24). The van der Waals surface area contributed by atoms with Crippen LogP contribution in [0.3, 0.4) is 0 Å². The van der Waals surface area contributed by atoms with Gasteiger partial charge in [-0.25, -0.2) is 14.6 Å². The van der Waals surface area contributed by atoms with Gasteiger partial charge in [0.1, 0.15) is 5.69 Å². The molecule has 0 bridgehead atoms. The van der Waals surface area contributed by atoms with Gasteiger partial charge in [-0.1, -0.05) is 18.3 Å². The Labute approximate surface area is 148 Å². The van der Waals surface area contributed by atoms with Gasteiger partial charge in [0.25, 0.3) is 11.5 Å². The molecule has 0 aliphatic heterocycles. The molecule has 0 spiro atoms. The van der Waals surface area contributed by atoms with Crippen LogP contribution in [0.2, 0.25) is 0 Å². The molecule has 0 aliphatic carbocycles. The van der Waals surface area contributed by atoms with Crippen LogP contribution in [0.4, 0.5) is 5.13 Å². The van der Waals surface area contributed by atoms with Crippen LogP contribution in [-0.2, 0) is 13.6 Å². The summed E-state index contributed by atoms with van der Waals surface area (Å²) in [4.78, 5) is 33.7. The van der Waals surface area contributed by atoms with Gasteiger partial charge in [0, 0.05) is 32.1 Å². The summed E-state index contributed by atoms with van der Waals surface area (Å²) in [5.74, 6) is 0.398. The number of rotatable bonds is 5. The van der Waals surface area contributed by atoms with Crippen molar-refractivity contribution in [1.29, 1.82) is 0 Å². The highest BCUT2D eigenvalue weighted by Gasteiger charge is 2.16. The largest absolute Gasteiger partial charge is 0.333 e. The van der Waals surface area contributed by atoms with E-state index < -0.39 is 5.91 Å². The summed E-state index contributed by atoms with van der Waals surface area (Å²) < 4.78 is 3.19. The number of imidazole rings is 1. The van der Waals surface area contributed by atoms with Crippen molar-refractivity contribution in [3.63, 3.8) is 0 Å². The molecule has 0 aromatic carbocycles. The van der Waals surface area contributed by atoms with Crippen LogP contribution in [0, 0.1) is 6.92 Å². The Kier molecular flexibility index (Phi) is 4.75. The van der Waals surface area contributed by atoms with E-state index in [1.165, 1.54) is 28.2 Å². The summed E-state index contributed by atoms with van der Waals surface area (Å²) in [5, 5.41) is 7.32. The van der Waals surface area contributed by atoms with Gasteiger partial charge in [-0.3, -0.25) is 14.9 Å². The predicted octanol–water partition coefficient (Wildman–Crippen LogP) is 2.07. The van der Waals surface area contributed by atoms with Crippen molar-refractivity contribution in [2.75, 3.05) is 5.32 Å². The van der Waals surface area contributed by atoms with Crippen molar-refractivity contribution in [1.82, 2.24) is 24.3 Å². The minimum Gasteiger partial charge on any atom is -0.333 e. The molecule has 3 aromatic heterocycles. The number of nitrogens with one attached hydrogen (secondary N) is 1. The lowest BCUT2D eigenvalue weighted by Crippen LogP contribution is -2.26. The van der Waals surface area contributed by atoms with E-state index >= 15 is 0 Å². The SMILES string of the molecule is CCCn1nc(C(=O)Nc2nc(C)c(-c3nccn3C)s2)ccc1=O. The monoisotopic (exact) mass is 358 g/mol. The number of amides is 1. The van der Waals surface area contributed by atoms with E-state index in [9.17, 15) is 9.59 Å². The minimum absolute atomic E-state index is 0.180. The summed E-state index contributed by atoms with van der Waals surface area (Å²) in [6, 6.07) is 2.77. The lowest BCUT2D eigenvalue weighted by Gasteiger charge is -2.05. The summed E-state index contributed by atoms with van der Waals surface area (Å²) in [7, 11) is 1.90. The molecular weight excluding hydrogens is 340 g/mol. The zero-order chi connectivity index (χ0) is 18.0. The predicted molar refractivity (Wildman–Crippen MR) is 95.8 cm³/mol. The van der Waals surface area contributed by atoms with Crippen molar-refractivity contribution in [2.24, 2.45) is 7.05 Å². The summed E-state index contributed by atoms with van der Waals surface area (Å²) in [6.07, 6.45) is 4.33. The number of hydrogen-bond donors (Lipinski definition) is 1. The Balaban J connectivity index is 1.83. The molecule has 3 aromatic rings. The van der Waals surface area contributed by atoms with Gasteiger partial charge in [0.05, 0.1) is 10.6 Å². The van der Waals surface area contributed by atoms with E-state index in [4.69, 9.17) is 0 Å². The lowest BCUT2D eigenvalue weighted by molar-refractivity contribution is 0.101. The molecule has 0 unspecified atom stereocenters. The Morgan fingerprint density at radius 3 is 2.84 bits per heavy atom. The highest BCUT2D eigenvalue weighted by Crippen LogP contribution is 2.31. The van der Waals surface area contributed by atoms with E-state index in [-0.39, 0.29) is 11.3 Å². The highest BCUT2D eigenvalue weighted by molar-refractivity contribution is 7.19. The Morgan fingerprint density at radius 1 is 1.36 bits per heavy atom. The molecule has 1 amide bonds. The molecule has 9 heteroatoms. The second-order valence-electron chi connectivity index (χ2n) is 5.53. The highest BCUT2D eigenvalue weighted by atomic mass is 32.1. The van der Waals surface area contributed by atoms with Crippen molar-refractivity contribution in [2.45, 2.75) is 26.8 Å². The van der Waals surface area contributed by atoms with Crippen molar-refractivity contribution >= 4 is 22.4 Å². The summed E-state index contributed by atoms with van der Waals surface area (Å²) in [5.41, 5.74) is 0.749. The van der Waals surface area contributed by atoms with E-state index in [1.54, 1.807) is 6.20 Å². The molecule has 8 nitrogen and oxygen atoms in total. The summed E-state index contributed by atoms with van der Waals surface area (Å²) >= 11 is 1.35. The fraction of sp³-hybridized carbons (Fsp3) is 0.312. The fourth-order valence-electron chi connectivity index (χ4n) is 2.34. The van der Waals surface area contributed by atoms with E-state index in [2.05, 4.69) is 20.4 Å². The Morgan fingerprint density at radius 2 is 2.16 bits per heavy atom. The normalized spacial score (nSPS) is 10.8. The number of carbonyl (C=O) groups is 1. The van der Waals surface area contributed by atoms with Crippen molar-refractivity contribution in [3.8, 4) is 10.7 Å². The maximum absolute atomic E-state index is 12.4. The lowest BCUT2D eigenvalue weighted by atomic mass is 10.3. The molecule has 0 aliphatic rings. The first-order valence-corrected chi connectivity index (χ1v) is 8.66. The molecule has 25 heavy (non-hydrogen) atoms. The Hall–Kier alpha value is -2.81. The molecule has 0 fully saturated rings. The van der Waals surface area contributed by atoms with Gasteiger partial charge in [0.2, 0.25) is 0 Å².